The van der Waals surface area contributed by atoms with Crippen molar-refractivity contribution in [2.75, 3.05) is 20.3 Å². The summed E-state index contributed by atoms with van der Waals surface area (Å²) in [6.07, 6.45) is 12.7. The zero-order valence-electron chi connectivity index (χ0n) is 15.5. The van der Waals surface area contributed by atoms with Gasteiger partial charge in [0.1, 0.15) is 0 Å². The molecule has 0 fully saturated rings. The lowest BCUT2D eigenvalue weighted by Crippen LogP contribution is -2.23. The molecule has 140 valence electrons. The van der Waals surface area contributed by atoms with Gasteiger partial charge in [-0.3, -0.25) is 0 Å². The fraction of sp³-hybridized carbons (Fsp3) is 0.550. The van der Waals surface area contributed by atoms with Crippen molar-refractivity contribution in [1.29, 1.82) is 0 Å². The van der Waals surface area contributed by atoms with Crippen LogP contribution in [0, 0.1) is 0 Å². The summed E-state index contributed by atoms with van der Waals surface area (Å²) in [6, 6.07) is 6.11. The zero-order valence-corrected chi connectivity index (χ0v) is 15.5. The summed E-state index contributed by atoms with van der Waals surface area (Å²) in [6.45, 7) is 4.52. The molecule has 0 unspecified atom stereocenters. The summed E-state index contributed by atoms with van der Waals surface area (Å²) in [7, 11) is 2.12. The molecule has 0 spiro atoms. The Morgan fingerprint density at radius 2 is 1.68 bits per heavy atom. The Morgan fingerprint density at radius 3 is 2.20 bits per heavy atom. The molecular formula is C20H32N2O3. The molecule has 0 atom stereocenters. The molecule has 0 aromatic heterocycles. The van der Waals surface area contributed by atoms with Gasteiger partial charge in [-0.05, 0) is 24.1 Å². The largest absolute Gasteiger partial charge is 0.478 e. The summed E-state index contributed by atoms with van der Waals surface area (Å²) in [4.78, 5) is 14.9. The molecule has 25 heavy (non-hydrogen) atoms. The van der Waals surface area contributed by atoms with Gasteiger partial charge >= 0.3 is 5.97 Å². The Hall–Kier alpha value is -2.01. The van der Waals surface area contributed by atoms with E-state index in [1.807, 2.05) is 0 Å². The molecule has 1 heterocycles. The molecule has 0 bridgehead atoms. The second kappa shape index (κ2) is 12.4. The third-order valence-corrected chi connectivity index (χ3v) is 4.12. The number of rotatable bonds is 9. The summed E-state index contributed by atoms with van der Waals surface area (Å²) in [5.74, 6) is -0.950. The maximum absolute atomic E-state index is 10.3. The van der Waals surface area contributed by atoms with E-state index in [-0.39, 0.29) is 12.2 Å². The molecule has 1 aromatic carbocycles. The second-order valence-corrected chi connectivity index (χ2v) is 6.44. The predicted octanol–water partition coefficient (Wildman–Crippen LogP) is 3.90. The highest BCUT2D eigenvalue weighted by molar-refractivity contribution is 5.87. The van der Waals surface area contributed by atoms with Crippen molar-refractivity contribution in [1.82, 2.24) is 9.80 Å². The number of benzene rings is 1. The number of carboxylic acids is 1. The molecule has 2 rings (SSSR count). The first kappa shape index (κ1) is 21.0. The van der Waals surface area contributed by atoms with Gasteiger partial charge in [0.2, 0.25) is 0 Å². The number of aromatic carboxylic acids is 1. The zero-order chi connectivity index (χ0) is 18.5. The summed E-state index contributed by atoms with van der Waals surface area (Å²) in [5, 5.41) is 17.1. The lowest BCUT2D eigenvalue weighted by molar-refractivity contribution is 0.0697. The third-order valence-electron chi connectivity index (χ3n) is 4.12. The van der Waals surface area contributed by atoms with E-state index < -0.39 is 5.97 Å². The maximum Gasteiger partial charge on any atom is 0.335 e. The SMILES string of the molecule is CCCCCCCCN1C=CN(C)C1.O=C(O)c1ccc(CO)cc1. The minimum absolute atomic E-state index is 0.0557. The highest BCUT2D eigenvalue weighted by Gasteiger charge is 2.06. The average molecular weight is 348 g/mol. The Balaban J connectivity index is 0.000000257. The minimum Gasteiger partial charge on any atom is -0.478 e. The van der Waals surface area contributed by atoms with Gasteiger partial charge in [-0.25, -0.2) is 4.79 Å². The van der Waals surface area contributed by atoms with E-state index in [9.17, 15) is 4.79 Å². The van der Waals surface area contributed by atoms with E-state index in [0.717, 1.165) is 12.2 Å². The van der Waals surface area contributed by atoms with E-state index in [1.165, 1.54) is 57.2 Å². The Labute approximate surface area is 151 Å². The van der Waals surface area contributed by atoms with Crippen molar-refractivity contribution < 1.29 is 15.0 Å². The van der Waals surface area contributed by atoms with Gasteiger partial charge in [0, 0.05) is 26.0 Å². The molecule has 0 radical (unpaired) electrons. The standard InChI is InChI=1S/C12H24N2.C8H8O3/c1-3-4-5-6-7-8-9-14-11-10-13(2)12-14;9-5-6-1-3-7(4-2-6)8(10)11/h10-11H,3-9,12H2,1-2H3;1-4,9H,5H2,(H,10,11). The minimum atomic E-state index is -0.950. The number of unbranched alkanes of at least 4 members (excludes halogenated alkanes) is 5. The van der Waals surface area contributed by atoms with Crippen LogP contribution in [0.5, 0.6) is 0 Å². The van der Waals surface area contributed by atoms with Crippen LogP contribution in [0.3, 0.4) is 0 Å². The normalized spacial score (nSPS) is 12.9. The fourth-order valence-electron chi connectivity index (χ4n) is 2.58. The van der Waals surface area contributed by atoms with Crippen LogP contribution in [0.25, 0.3) is 0 Å². The van der Waals surface area contributed by atoms with Crippen LogP contribution in [-0.2, 0) is 6.61 Å². The molecule has 5 heteroatoms. The Morgan fingerprint density at radius 1 is 1.04 bits per heavy atom. The first-order chi connectivity index (χ1) is 12.1. The van der Waals surface area contributed by atoms with Crippen molar-refractivity contribution in [3.8, 4) is 0 Å². The number of hydrogen-bond acceptors (Lipinski definition) is 4. The average Bonchev–Trinajstić information content (AvgIpc) is 3.04. The van der Waals surface area contributed by atoms with Gasteiger partial charge in [0.25, 0.3) is 0 Å². The number of carbonyl (C=O) groups is 1. The molecule has 1 aliphatic rings. The van der Waals surface area contributed by atoms with Crippen LogP contribution in [0.4, 0.5) is 0 Å². The van der Waals surface area contributed by atoms with Crippen LogP contribution in [0.2, 0.25) is 0 Å². The number of aliphatic hydroxyl groups is 1. The Kier molecular flexibility index (Phi) is 10.4. The molecule has 0 aliphatic carbocycles. The van der Waals surface area contributed by atoms with Gasteiger partial charge in [-0.15, -0.1) is 0 Å². The van der Waals surface area contributed by atoms with Crippen LogP contribution in [-0.4, -0.2) is 46.2 Å². The van der Waals surface area contributed by atoms with Crippen LogP contribution in [0.1, 0.15) is 61.4 Å². The lowest BCUT2D eigenvalue weighted by Gasteiger charge is -2.17. The Bertz CT molecular complexity index is 514. The van der Waals surface area contributed by atoms with Crippen LogP contribution >= 0.6 is 0 Å². The highest BCUT2D eigenvalue weighted by atomic mass is 16.4. The number of nitrogens with zero attached hydrogens (tertiary/aromatic N) is 2. The number of hydrogen-bond donors (Lipinski definition) is 2. The molecule has 1 aliphatic heterocycles. The number of carboxylic acid groups (broad SMARTS) is 1. The topological polar surface area (TPSA) is 64.0 Å². The fourth-order valence-corrected chi connectivity index (χ4v) is 2.58. The summed E-state index contributed by atoms with van der Waals surface area (Å²) >= 11 is 0. The van der Waals surface area contributed by atoms with Crippen molar-refractivity contribution >= 4 is 5.97 Å². The first-order valence-electron chi connectivity index (χ1n) is 9.12. The summed E-state index contributed by atoms with van der Waals surface area (Å²) < 4.78 is 0. The van der Waals surface area contributed by atoms with E-state index in [2.05, 4.69) is 36.2 Å². The van der Waals surface area contributed by atoms with E-state index in [1.54, 1.807) is 12.1 Å². The first-order valence-corrected chi connectivity index (χ1v) is 9.12. The van der Waals surface area contributed by atoms with Gasteiger partial charge in [-0.2, -0.15) is 0 Å². The van der Waals surface area contributed by atoms with Gasteiger partial charge in [-0.1, -0.05) is 51.2 Å². The highest BCUT2D eigenvalue weighted by Crippen LogP contribution is 2.09. The van der Waals surface area contributed by atoms with E-state index >= 15 is 0 Å². The van der Waals surface area contributed by atoms with Crippen molar-refractivity contribution in [2.45, 2.75) is 52.1 Å². The van der Waals surface area contributed by atoms with E-state index in [4.69, 9.17) is 10.2 Å². The predicted molar refractivity (Wildman–Crippen MR) is 101 cm³/mol. The van der Waals surface area contributed by atoms with Gasteiger partial charge < -0.3 is 20.0 Å². The van der Waals surface area contributed by atoms with Gasteiger partial charge in [0.05, 0.1) is 18.8 Å². The molecule has 0 saturated carbocycles. The molecule has 2 N–H and O–H groups in total. The second-order valence-electron chi connectivity index (χ2n) is 6.44. The molecule has 1 aromatic rings. The molecule has 5 nitrogen and oxygen atoms in total. The molecule has 0 saturated heterocycles. The lowest BCUT2D eigenvalue weighted by atomic mass is 10.1. The monoisotopic (exact) mass is 348 g/mol. The maximum atomic E-state index is 10.3. The van der Waals surface area contributed by atoms with Crippen LogP contribution < -0.4 is 0 Å². The molecule has 0 amide bonds. The third kappa shape index (κ3) is 9.15. The summed E-state index contributed by atoms with van der Waals surface area (Å²) in [5.41, 5.74) is 0.956. The van der Waals surface area contributed by atoms with Gasteiger partial charge in [0.15, 0.2) is 0 Å². The molecular weight excluding hydrogens is 316 g/mol. The smallest absolute Gasteiger partial charge is 0.335 e. The van der Waals surface area contributed by atoms with Crippen molar-refractivity contribution in [2.24, 2.45) is 0 Å². The van der Waals surface area contributed by atoms with E-state index in [0.29, 0.717) is 0 Å². The quantitative estimate of drug-likeness (QED) is 0.663. The van der Waals surface area contributed by atoms with Crippen molar-refractivity contribution in [3.63, 3.8) is 0 Å². The van der Waals surface area contributed by atoms with Crippen molar-refractivity contribution in [3.05, 3.63) is 47.8 Å². The number of aliphatic hydroxyl groups excluding tert-OH is 1. The van der Waals surface area contributed by atoms with Crippen LogP contribution in [0.15, 0.2) is 36.7 Å².